The molecular formula is C15H19F2NO3. The average Bonchev–Trinajstić information content (AvgIpc) is 3.29. The lowest BCUT2D eigenvalue weighted by molar-refractivity contribution is -0.140. The number of hydrogen-bond acceptors (Lipinski definition) is 3. The molecule has 1 aliphatic carbocycles. The first-order valence-corrected chi connectivity index (χ1v) is 6.90. The maximum absolute atomic E-state index is 12.6. The molecule has 1 atom stereocenters. The largest absolute Gasteiger partial charge is 0.497 e. The smallest absolute Gasteiger partial charge is 0.263 e. The molecule has 0 saturated heterocycles. The Labute approximate surface area is 122 Å². The van der Waals surface area contributed by atoms with E-state index in [0.717, 1.165) is 12.8 Å². The molecule has 0 N–H and O–H groups in total. The van der Waals surface area contributed by atoms with Crippen LogP contribution in [0.15, 0.2) is 24.3 Å². The van der Waals surface area contributed by atoms with Crippen molar-refractivity contribution in [3.8, 4) is 11.5 Å². The summed E-state index contributed by atoms with van der Waals surface area (Å²) in [5, 5.41) is 0. The van der Waals surface area contributed by atoms with Crippen LogP contribution in [-0.4, -0.2) is 43.0 Å². The zero-order chi connectivity index (χ0) is 15.4. The highest BCUT2D eigenvalue weighted by molar-refractivity contribution is 5.81. The lowest BCUT2D eigenvalue weighted by Gasteiger charge is -2.25. The molecule has 0 radical (unpaired) electrons. The summed E-state index contributed by atoms with van der Waals surface area (Å²) in [6, 6.07) is 6.72. The fraction of sp³-hybridized carbons (Fsp3) is 0.533. The summed E-state index contributed by atoms with van der Waals surface area (Å²) >= 11 is 0. The van der Waals surface area contributed by atoms with E-state index in [-0.39, 0.29) is 6.04 Å². The summed E-state index contributed by atoms with van der Waals surface area (Å²) in [4.78, 5) is 13.5. The summed E-state index contributed by atoms with van der Waals surface area (Å²) in [6.45, 7) is 1.05. The molecule has 4 nitrogen and oxygen atoms in total. The molecule has 1 aliphatic rings. The van der Waals surface area contributed by atoms with Crippen LogP contribution in [0.4, 0.5) is 8.78 Å². The molecule has 0 aromatic heterocycles. The third-order valence-corrected chi connectivity index (χ3v) is 3.33. The van der Waals surface area contributed by atoms with Crippen LogP contribution in [0.3, 0.4) is 0 Å². The highest BCUT2D eigenvalue weighted by atomic mass is 19.3. The number of methoxy groups -OCH3 is 1. The molecule has 1 unspecified atom stereocenters. The zero-order valence-electron chi connectivity index (χ0n) is 12.1. The Bertz CT molecular complexity index is 474. The zero-order valence-corrected chi connectivity index (χ0v) is 12.1. The average molecular weight is 299 g/mol. The topological polar surface area (TPSA) is 38.8 Å². The van der Waals surface area contributed by atoms with Crippen LogP contribution >= 0.6 is 0 Å². The molecule has 1 saturated carbocycles. The van der Waals surface area contributed by atoms with Crippen LogP contribution in [0.2, 0.25) is 0 Å². The van der Waals surface area contributed by atoms with Crippen molar-refractivity contribution in [2.24, 2.45) is 0 Å². The number of halogens is 2. The second-order valence-corrected chi connectivity index (χ2v) is 5.05. The lowest BCUT2D eigenvalue weighted by Crippen LogP contribution is -2.44. The maximum Gasteiger partial charge on any atom is 0.263 e. The van der Waals surface area contributed by atoms with E-state index in [2.05, 4.69) is 0 Å². The van der Waals surface area contributed by atoms with Gasteiger partial charge >= 0.3 is 0 Å². The SMILES string of the molecule is COc1ccc(OC(C)C(=O)N(CC(F)F)C2CC2)cc1. The van der Waals surface area contributed by atoms with Gasteiger partial charge in [-0.25, -0.2) is 8.78 Å². The molecule has 0 aliphatic heterocycles. The van der Waals surface area contributed by atoms with Crippen molar-refractivity contribution in [3.05, 3.63) is 24.3 Å². The fourth-order valence-electron chi connectivity index (χ4n) is 2.10. The standard InChI is InChI=1S/C15H19F2NO3/c1-10(21-13-7-5-12(20-2)6-8-13)15(19)18(9-14(16)17)11-3-4-11/h5-8,10-11,14H,3-4,9H2,1-2H3. The van der Waals surface area contributed by atoms with Crippen molar-refractivity contribution in [3.63, 3.8) is 0 Å². The Balaban J connectivity index is 1.96. The molecule has 6 heteroatoms. The summed E-state index contributed by atoms with van der Waals surface area (Å²) < 4.78 is 35.7. The van der Waals surface area contributed by atoms with Crippen LogP contribution in [0.5, 0.6) is 11.5 Å². The van der Waals surface area contributed by atoms with Gasteiger partial charge < -0.3 is 14.4 Å². The maximum atomic E-state index is 12.6. The minimum Gasteiger partial charge on any atom is -0.497 e. The van der Waals surface area contributed by atoms with E-state index >= 15 is 0 Å². The number of benzene rings is 1. The van der Waals surface area contributed by atoms with Crippen LogP contribution in [0, 0.1) is 0 Å². The second-order valence-electron chi connectivity index (χ2n) is 5.05. The van der Waals surface area contributed by atoms with Gasteiger partial charge in [0.2, 0.25) is 0 Å². The van der Waals surface area contributed by atoms with Crippen molar-refractivity contribution < 1.29 is 23.0 Å². The van der Waals surface area contributed by atoms with E-state index in [1.54, 1.807) is 38.3 Å². The molecular weight excluding hydrogens is 280 g/mol. The van der Waals surface area contributed by atoms with Gasteiger partial charge in [-0.3, -0.25) is 4.79 Å². The number of hydrogen-bond donors (Lipinski definition) is 0. The predicted octanol–water partition coefficient (Wildman–Crippen LogP) is 2.72. The Kier molecular flexibility index (Phi) is 4.98. The summed E-state index contributed by atoms with van der Waals surface area (Å²) in [5.74, 6) is 0.789. The number of alkyl halides is 2. The number of carbonyl (C=O) groups excluding carboxylic acids is 1. The van der Waals surface area contributed by atoms with Crippen molar-refractivity contribution in [2.75, 3.05) is 13.7 Å². The fourth-order valence-corrected chi connectivity index (χ4v) is 2.10. The first kappa shape index (κ1) is 15.5. The number of rotatable bonds is 7. The van der Waals surface area contributed by atoms with Gasteiger partial charge in [0.15, 0.2) is 6.10 Å². The molecule has 1 aromatic carbocycles. The van der Waals surface area contributed by atoms with Crippen LogP contribution in [-0.2, 0) is 4.79 Å². The summed E-state index contributed by atoms with van der Waals surface area (Å²) in [5.41, 5.74) is 0. The Hall–Kier alpha value is -1.85. The first-order chi connectivity index (χ1) is 10.0. The van der Waals surface area contributed by atoms with E-state index in [4.69, 9.17) is 9.47 Å². The van der Waals surface area contributed by atoms with Gasteiger partial charge in [-0.1, -0.05) is 0 Å². The molecule has 1 aromatic rings. The van der Waals surface area contributed by atoms with Crippen molar-refractivity contribution >= 4 is 5.91 Å². The normalized spacial score (nSPS) is 15.7. The third kappa shape index (κ3) is 4.31. The number of amides is 1. The lowest BCUT2D eigenvalue weighted by atomic mass is 10.3. The quantitative estimate of drug-likeness (QED) is 0.777. The number of ether oxygens (including phenoxy) is 2. The van der Waals surface area contributed by atoms with Gasteiger partial charge in [0.25, 0.3) is 12.3 Å². The van der Waals surface area contributed by atoms with Gasteiger partial charge in [0, 0.05) is 6.04 Å². The van der Waals surface area contributed by atoms with Crippen molar-refractivity contribution in [1.29, 1.82) is 0 Å². The molecule has 0 bridgehead atoms. The van der Waals surface area contributed by atoms with Crippen molar-refractivity contribution in [2.45, 2.75) is 38.3 Å². The molecule has 116 valence electrons. The van der Waals surface area contributed by atoms with E-state index in [1.165, 1.54) is 4.90 Å². The van der Waals surface area contributed by atoms with Gasteiger partial charge in [-0.05, 0) is 44.0 Å². The van der Waals surface area contributed by atoms with Gasteiger partial charge in [-0.15, -0.1) is 0 Å². The van der Waals surface area contributed by atoms with E-state index in [0.29, 0.717) is 11.5 Å². The summed E-state index contributed by atoms with van der Waals surface area (Å²) in [6.07, 6.45) is -1.75. The van der Waals surface area contributed by atoms with E-state index in [9.17, 15) is 13.6 Å². The van der Waals surface area contributed by atoms with Gasteiger partial charge in [0.1, 0.15) is 11.5 Å². The van der Waals surface area contributed by atoms with Gasteiger partial charge in [-0.2, -0.15) is 0 Å². The molecule has 21 heavy (non-hydrogen) atoms. The molecule has 0 spiro atoms. The molecule has 1 amide bonds. The Morgan fingerprint density at radius 2 is 1.86 bits per heavy atom. The monoisotopic (exact) mass is 299 g/mol. The Morgan fingerprint density at radius 3 is 2.33 bits per heavy atom. The number of carbonyl (C=O) groups is 1. The second kappa shape index (κ2) is 6.74. The van der Waals surface area contributed by atoms with E-state index in [1.807, 2.05) is 0 Å². The van der Waals surface area contributed by atoms with Gasteiger partial charge in [0.05, 0.1) is 13.7 Å². The molecule has 2 rings (SSSR count). The highest BCUT2D eigenvalue weighted by Gasteiger charge is 2.36. The summed E-state index contributed by atoms with van der Waals surface area (Å²) in [7, 11) is 1.56. The first-order valence-electron chi connectivity index (χ1n) is 6.90. The highest BCUT2D eigenvalue weighted by Crippen LogP contribution is 2.28. The van der Waals surface area contributed by atoms with Crippen LogP contribution in [0.25, 0.3) is 0 Å². The minimum absolute atomic E-state index is 0.0617. The molecule has 1 fully saturated rings. The van der Waals surface area contributed by atoms with E-state index < -0.39 is 25.0 Å². The predicted molar refractivity (Wildman–Crippen MR) is 73.8 cm³/mol. The minimum atomic E-state index is -2.53. The van der Waals surface area contributed by atoms with Crippen LogP contribution < -0.4 is 9.47 Å². The Morgan fingerprint density at radius 1 is 1.29 bits per heavy atom. The number of nitrogens with zero attached hydrogens (tertiary/aromatic N) is 1. The third-order valence-electron chi connectivity index (χ3n) is 3.33. The van der Waals surface area contributed by atoms with Crippen LogP contribution in [0.1, 0.15) is 19.8 Å². The van der Waals surface area contributed by atoms with Crippen molar-refractivity contribution in [1.82, 2.24) is 4.90 Å². The molecule has 0 heterocycles.